The van der Waals surface area contributed by atoms with Crippen molar-refractivity contribution in [3.8, 4) is 12.3 Å². The second-order valence-corrected chi connectivity index (χ2v) is 6.16. The summed E-state index contributed by atoms with van der Waals surface area (Å²) < 4.78 is 0. The van der Waals surface area contributed by atoms with Gasteiger partial charge in [-0.15, -0.1) is 6.42 Å². The molecule has 2 saturated carbocycles. The van der Waals surface area contributed by atoms with Gasteiger partial charge >= 0.3 is 0 Å². The molecule has 0 aromatic heterocycles. The minimum absolute atomic E-state index is 0.0531. The van der Waals surface area contributed by atoms with E-state index < -0.39 is 0 Å². The van der Waals surface area contributed by atoms with Crippen molar-refractivity contribution in [1.82, 2.24) is 5.32 Å². The van der Waals surface area contributed by atoms with Gasteiger partial charge in [0.1, 0.15) is 0 Å². The fraction of sp³-hybridized carbons (Fsp3) is 0.875. The van der Waals surface area contributed by atoms with E-state index >= 15 is 0 Å². The topological polar surface area (TPSA) is 12.0 Å². The van der Waals surface area contributed by atoms with Crippen molar-refractivity contribution >= 4 is 0 Å². The zero-order valence-electron chi connectivity index (χ0n) is 11.3. The van der Waals surface area contributed by atoms with E-state index in [2.05, 4.69) is 18.2 Å². The first-order valence-corrected chi connectivity index (χ1v) is 7.50. The van der Waals surface area contributed by atoms with E-state index in [0.717, 1.165) is 0 Å². The Balaban J connectivity index is 1.94. The van der Waals surface area contributed by atoms with Crippen molar-refractivity contribution < 1.29 is 0 Å². The highest BCUT2D eigenvalue weighted by molar-refractivity contribution is 5.14. The highest BCUT2D eigenvalue weighted by atomic mass is 15.0. The summed E-state index contributed by atoms with van der Waals surface area (Å²) in [6.07, 6.45) is 19.4. The van der Waals surface area contributed by atoms with Crippen LogP contribution in [-0.2, 0) is 0 Å². The molecule has 0 heterocycles. The van der Waals surface area contributed by atoms with Crippen LogP contribution in [0.2, 0.25) is 0 Å². The molecular formula is C16H27N. The average molecular weight is 233 g/mol. The zero-order chi connectivity index (χ0) is 12.1. The van der Waals surface area contributed by atoms with Crippen molar-refractivity contribution in [2.75, 3.05) is 0 Å². The third kappa shape index (κ3) is 3.26. The van der Waals surface area contributed by atoms with Crippen LogP contribution in [0.15, 0.2) is 0 Å². The summed E-state index contributed by atoms with van der Waals surface area (Å²) in [5.74, 6) is 3.78. The largest absolute Gasteiger partial charge is 0.298 e. The minimum Gasteiger partial charge on any atom is -0.298 e. The lowest BCUT2D eigenvalue weighted by atomic mass is 9.75. The molecule has 2 rings (SSSR count). The van der Waals surface area contributed by atoms with Crippen molar-refractivity contribution in [1.29, 1.82) is 0 Å². The van der Waals surface area contributed by atoms with Crippen LogP contribution in [0.4, 0.5) is 0 Å². The number of nitrogens with one attached hydrogen (secondary N) is 1. The molecule has 0 saturated heterocycles. The van der Waals surface area contributed by atoms with E-state index in [1.54, 1.807) is 0 Å². The summed E-state index contributed by atoms with van der Waals surface area (Å²) in [5, 5.41) is 3.82. The molecule has 0 aromatic carbocycles. The van der Waals surface area contributed by atoms with Crippen LogP contribution in [0.25, 0.3) is 0 Å². The van der Waals surface area contributed by atoms with Crippen molar-refractivity contribution in [2.45, 2.75) is 82.7 Å². The molecule has 1 N–H and O–H groups in total. The Hall–Kier alpha value is -0.480. The van der Waals surface area contributed by atoms with E-state index in [1.807, 2.05) is 0 Å². The molecule has 0 spiro atoms. The molecule has 0 radical (unpaired) electrons. The number of terminal acetylenes is 1. The van der Waals surface area contributed by atoms with Gasteiger partial charge in [-0.1, -0.05) is 44.4 Å². The van der Waals surface area contributed by atoms with Gasteiger partial charge in [-0.3, -0.25) is 5.32 Å². The molecule has 0 aliphatic heterocycles. The highest BCUT2D eigenvalue weighted by Crippen LogP contribution is 2.33. The van der Waals surface area contributed by atoms with Gasteiger partial charge in [0.05, 0.1) is 5.54 Å². The second kappa shape index (κ2) is 5.91. The van der Waals surface area contributed by atoms with E-state index in [1.165, 1.54) is 64.2 Å². The van der Waals surface area contributed by atoms with Crippen LogP contribution >= 0.6 is 0 Å². The van der Waals surface area contributed by atoms with E-state index in [0.29, 0.717) is 12.0 Å². The fourth-order valence-corrected chi connectivity index (χ4v) is 3.63. The molecular weight excluding hydrogens is 206 g/mol. The Morgan fingerprint density at radius 2 is 1.47 bits per heavy atom. The minimum atomic E-state index is -0.0531. The Morgan fingerprint density at radius 3 is 2.00 bits per heavy atom. The smallest absolute Gasteiger partial charge is 0.0800 e. The first kappa shape index (κ1) is 13.0. The lowest BCUT2D eigenvalue weighted by Gasteiger charge is -2.40. The highest BCUT2D eigenvalue weighted by Gasteiger charge is 2.35. The van der Waals surface area contributed by atoms with Crippen molar-refractivity contribution in [3.63, 3.8) is 0 Å². The summed E-state index contributed by atoms with van der Waals surface area (Å²) >= 11 is 0. The Kier molecular flexibility index (Phi) is 4.51. The molecule has 2 fully saturated rings. The molecule has 2 aliphatic rings. The van der Waals surface area contributed by atoms with Crippen molar-refractivity contribution in [3.05, 3.63) is 0 Å². The van der Waals surface area contributed by atoms with Gasteiger partial charge in [0.15, 0.2) is 0 Å². The van der Waals surface area contributed by atoms with E-state index in [4.69, 9.17) is 6.42 Å². The van der Waals surface area contributed by atoms with Crippen LogP contribution in [0.3, 0.4) is 0 Å². The second-order valence-electron chi connectivity index (χ2n) is 6.16. The summed E-state index contributed by atoms with van der Waals surface area (Å²) in [6, 6.07) is 0.673. The number of hydrogen-bond donors (Lipinski definition) is 1. The Morgan fingerprint density at radius 1 is 0.941 bits per heavy atom. The van der Waals surface area contributed by atoms with E-state index in [-0.39, 0.29) is 5.54 Å². The lowest BCUT2D eigenvalue weighted by Crippen LogP contribution is -2.53. The summed E-state index contributed by atoms with van der Waals surface area (Å²) in [6.45, 7) is 2.26. The zero-order valence-corrected chi connectivity index (χ0v) is 11.3. The predicted octanol–water partition coefficient (Wildman–Crippen LogP) is 3.88. The van der Waals surface area contributed by atoms with Gasteiger partial charge in [-0.05, 0) is 38.5 Å². The molecule has 0 bridgehead atoms. The van der Waals surface area contributed by atoms with Gasteiger partial charge in [-0.2, -0.15) is 0 Å². The van der Waals surface area contributed by atoms with Gasteiger partial charge in [-0.25, -0.2) is 0 Å². The first-order chi connectivity index (χ1) is 8.24. The average Bonchev–Trinajstić information content (AvgIpc) is 2.41. The van der Waals surface area contributed by atoms with Gasteiger partial charge in [0.25, 0.3) is 0 Å². The SMILES string of the molecule is C#C[C@@](C)(NC1CCCCC1)C1CCCCC1. The molecule has 0 unspecified atom stereocenters. The van der Waals surface area contributed by atoms with Crippen LogP contribution in [0, 0.1) is 18.3 Å². The van der Waals surface area contributed by atoms with Gasteiger partial charge < -0.3 is 0 Å². The van der Waals surface area contributed by atoms with Crippen LogP contribution < -0.4 is 5.32 Å². The normalized spacial score (nSPS) is 27.3. The standard InChI is InChI=1S/C16H27N/c1-3-16(2,14-10-6-4-7-11-14)17-15-12-8-5-9-13-15/h1,14-15,17H,4-13H2,2H3/t16-/m1/s1. The molecule has 2 aliphatic carbocycles. The van der Waals surface area contributed by atoms with E-state index in [9.17, 15) is 0 Å². The van der Waals surface area contributed by atoms with Crippen LogP contribution in [-0.4, -0.2) is 11.6 Å². The fourth-order valence-electron chi connectivity index (χ4n) is 3.63. The lowest BCUT2D eigenvalue weighted by molar-refractivity contribution is 0.196. The maximum absolute atomic E-state index is 5.84. The third-order valence-corrected chi connectivity index (χ3v) is 4.83. The summed E-state index contributed by atoms with van der Waals surface area (Å²) in [4.78, 5) is 0. The number of rotatable bonds is 3. The monoisotopic (exact) mass is 233 g/mol. The van der Waals surface area contributed by atoms with Crippen LogP contribution in [0.1, 0.15) is 71.1 Å². The maximum Gasteiger partial charge on any atom is 0.0800 e. The Labute approximate surface area is 107 Å². The predicted molar refractivity (Wildman–Crippen MR) is 73.8 cm³/mol. The molecule has 1 heteroatoms. The molecule has 0 aromatic rings. The summed E-state index contributed by atoms with van der Waals surface area (Å²) in [5.41, 5.74) is -0.0531. The summed E-state index contributed by atoms with van der Waals surface area (Å²) in [7, 11) is 0. The van der Waals surface area contributed by atoms with Crippen molar-refractivity contribution in [2.24, 2.45) is 5.92 Å². The quantitative estimate of drug-likeness (QED) is 0.729. The van der Waals surface area contributed by atoms with Gasteiger partial charge in [0, 0.05) is 6.04 Å². The molecule has 1 atom stereocenters. The Bertz CT molecular complexity index is 266. The molecule has 0 amide bonds. The first-order valence-electron chi connectivity index (χ1n) is 7.50. The third-order valence-electron chi connectivity index (χ3n) is 4.83. The molecule has 96 valence electrons. The maximum atomic E-state index is 5.84. The molecule has 17 heavy (non-hydrogen) atoms. The van der Waals surface area contributed by atoms with Gasteiger partial charge in [0.2, 0.25) is 0 Å². The molecule has 1 nitrogen and oxygen atoms in total. The van der Waals surface area contributed by atoms with Crippen LogP contribution in [0.5, 0.6) is 0 Å². The number of hydrogen-bond acceptors (Lipinski definition) is 1.